The first-order valence-corrected chi connectivity index (χ1v) is 5.42. The molecule has 0 aromatic heterocycles. The van der Waals surface area contributed by atoms with E-state index < -0.39 is 17.5 Å². The van der Waals surface area contributed by atoms with Crippen molar-refractivity contribution in [2.24, 2.45) is 0 Å². The maximum atomic E-state index is 13.6. The van der Waals surface area contributed by atoms with E-state index in [-0.39, 0.29) is 11.4 Å². The van der Waals surface area contributed by atoms with Crippen molar-refractivity contribution < 1.29 is 14.2 Å². The van der Waals surface area contributed by atoms with E-state index in [4.69, 9.17) is 16.3 Å². The number of benzene rings is 1. The summed E-state index contributed by atoms with van der Waals surface area (Å²) in [6.07, 6.45) is -0.613. The molecule has 0 radical (unpaired) electrons. The molecule has 4 heteroatoms. The van der Waals surface area contributed by atoms with Crippen molar-refractivity contribution in [3.8, 4) is 0 Å². The molecule has 0 saturated heterocycles. The van der Waals surface area contributed by atoms with E-state index in [0.29, 0.717) is 5.56 Å². The van der Waals surface area contributed by atoms with Crippen LogP contribution in [0.25, 0.3) is 0 Å². The Morgan fingerprint density at radius 1 is 1.50 bits per heavy atom. The molecule has 90 valence electrons. The predicted octanol–water partition coefficient (Wildman–Crippen LogP) is 2.81. The number of hydrogen-bond acceptors (Lipinski definition) is 2. The van der Waals surface area contributed by atoms with Gasteiger partial charge in [0, 0.05) is 13.5 Å². The van der Waals surface area contributed by atoms with Crippen LogP contribution in [-0.4, -0.2) is 23.9 Å². The summed E-state index contributed by atoms with van der Waals surface area (Å²) in [5, 5.41) is 9.98. The van der Waals surface area contributed by atoms with Crippen molar-refractivity contribution in [2.45, 2.75) is 32.0 Å². The molecule has 1 aromatic carbocycles. The van der Waals surface area contributed by atoms with Gasteiger partial charge in [0.05, 0.1) is 16.7 Å². The lowest BCUT2D eigenvalue weighted by Gasteiger charge is -2.29. The highest BCUT2D eigenvalue weighted by Gasteiger charge is 2.28. The van der Waals surface area contributed by atoms with Crippen molar-refractivity contribution in [3.05, 3.63) is 34.6 Å². The minimum atomic E-state index is -0.787. The zero-order chi connectivity index (χ0) is 12.3. The summed E-state index contributed by atoms with van der Waals surface area (Å²) in [5.74, 6) is -0.477. The zero-order valence-electron chi connectivity index (χ0n) is 9.63. The Bertz CT molecular complexity index is 366. The number of aliphatic hydroxyl groups is 1. The zero-order valence-corrected chi connectivity index (χ0v) is 10.4. The smallest absolute Gasteiger partial charge is 0.145 e. The minimum Gasteiger partial charge on any atom is -0.390 e. The van der Waals surface area contributed by atoms with E-state index in [9.17, 15) is 9.50 Å². The molecule has 1 N–H and O–H groups in total. The Labute approximate surface area is 100.0 Å². The first kappa shape index (κ1) is 13.4. The van der Waals surface area contributed by atoms with Crippen molar-refractivity contribution in [2.75, 3.05) is 7.11 Å². The third-order valence-corrected chi connectivity index (χ3v) is 3.07. The summed E-state index contributed by atoms with van der Waals surface area (Å²) >= 11 is 5.66. The molecule has 16 heavy (non-hydrogen) atoms. The quantitative estimate of drug-likeness (QED) is 0.885. The van der Waals surface area contributed by atoms with E-state index in [2.05, 4.69) is 0 Å². The predicted molar refractivity (Wildman–Crippen MR) is 62.2 cm³/mol. The van der Waals surface area contributed by atoms with E-state index >= 15 is 0 Å². The SMILES string of the molecule is COC(C)(C)C(O)Cc1cccc(Cl)c1F. The molecule has 2 nitrogen and oxygen atoms in total. The first-order chi connectivity index (χ1) is 7.38. The number of methoxy groups -OCH3 is 1. The van der Waals surface area contributed by atoms with Gasteiger partial charge in [-0.1, -0.05) is 23.7 Å². The molecule has 0 amide bonds. The molecule has 0 saturated carbocycles. The van der Waals surface area contributed by atoms with Gasteiger partial charge in [-0.3, -0.25) is 0 Å². The Morgan fingerprint density at radius 3 is 2.69 bits per heavy atom. The number of halogens is 2. The monoisotopic (exact) mass is 246 g/mol. The van der Waals surface area contributed by atoms with Gasteiger partial charge in [0.2, 0.25) is 0 Å². The Hall–Kier alpha value is -0.640. The Balaban J connectivity index is 2.85. The van der Waals surface area contributed by atoms with Gasteiger partial charge in [-0.2, -0.15) is 0 Å². The lowest BCUT2D eigenvalue weighted by atomic mass is 9.95. The average Bonchev–Trinajstić information content (AvgIpc) is 2.24. The Morgan fingerprint density at radius 2 is 2.12 bits per heavy atom. The van der Waals surface area contributed by atoms with Crippen LogP contribution in [0.3, 0.4) is 0 Å². The van der Waals surface area contributed by atoms with Gasteiger partial charge in [-0.15, -0.1) is 0 Å². The van der Waals surface area contributed by atoms with Gasteiger partial charge >= 0.3 is 0 Å². The molecular weight excluding hydrogens is 231 g/mol. The van der Waals surface area contributed by atoms with Crippen LogP contribution >= 0.6 is 11.6 Å². The first-order valence-electron chi connectivity index (χ1n) is 5.04. The van der Waals surface area contributed by atoms with Gasteiger partial charge in [0.1, 0.15) is 5.82 Å². The van der Waals surface area contributed by atoms with E-state index in [0.717, 1.165) is 0 Å². The molecule has 0 spiro atoms. The van der Waals surface area contributed by atoms with Crippen LogP contribution in [0.5, 0.6) is 0 Å². The molecule has 0 heterocycles. The third-order valence-electron chi connectivity index (χ3n) is 2.77. The van der Waals surface area contributed by atoms with Crippen LogP contribution in [0.1, 0.15) is 19.4 Å². The van der Waals surface area contributed by atoms with Crippen LogP contribution in [-0.2, 0) is 11.2 Å². The minimum absolute atomic E-state index is 0.0694. The fourth-order valence-electron chi connectivity index (χ4n) is 1.30. The standard InChI is InChI=1S/C12H16ClFO2/c1-12(2,16-3)10(15)7-8-5-4-6-9(13)11(8)14/h4-6,10,15H,7H2,1-3H3. The Kier molecular flexibility index (Phi) is 4.30. The molecule has 0 aliphatic rings. The van der Waals surface area contributed by atoms with Crippen LogP contribution in [0.4, 0.5) is 4.39 Å². The van der Waals surface area contributed by atoms with Crippen molar-refractivity contribution in [3.63, 3.8) is 0 Å². The van der Waals surface area contributed by atoms with Crippen molar-refractivity contribution in [1.29, 1.82) is 0 Å². The second-order valence-electron chi connectivity index (χ2n) is 4.24. The molecule has 1 unspecified atom stereocenters. The lowest BCUT2D eigenvalue weighted by molar-refractivity contribution is -0.0767. The van der Waals surface area contributed by atoms with E-state index in [1.54, 1.807) is 26.0 Å². The molecule has 0 bridgehead atoms. The number of rotatable bonds is 4. The van der Waals surface area contributed by atoms with Crippen LogP contribution < -0.4 is 0 Å². The van der Waals surface area contributed by atoms with E-state index in [1.165, 1.54) is 13.2 Å². The maximum Gasteiger partial charge on any atom is 0.145 e. The largest absolute Gasteiger partial charge is 0.390 e. The van der Waals surface area contributed by atoms with Gasteiger partial charge in [0.15, 0.2) is 0 Å². The van der Waals surface area contributed by atoms with Gasteiger partial charge < -0.3 is 9.84 Å². The topological polar surface area (TPSA) is 29.5 Å². The second kappa shape index (κ2) is 5.13. The van der Waals surface area contributed by atoms with Crippen LogP contribution in [0, 0.1) is 5.82 Å². The average molecular weight is 247 g/mol. The summed E-state index contributed by atoms with van der Waals surface area (Å²) in [6, 6.07) is 4.75. The number of ether oxygens (including phenoxy) is 1. The highest BCUT2D eigenvalue weighted by molar-refractivity contribution is 6.30. The molecule has 1 aromatic rings. The molecule has 1 rings (SSSR count). The summed E-state index contributed by atoms with van der Waals surface area (Å²) < 4.78 is 18.7. The van der Waals surface area contributed by atoms with E-state index in [1.807, 2.05) is 0 Å². The third kappa shape index (κ3) is 2.94. The van der Waals surface area contributed by atoms with Crippen molar-refractivity contribution >= 4 is 11.6 Å². The number of aliphatic hydroxyl groups excluding tert-OH is 1. The van der Waals surface area contributed by atoms with Gasteiger partial charge in [-0.05, 0) is 25.5 Å². The maximum absolute atomic E-state index is 13.6. The van der Waals surface area contributed by atoms with Crippen LogP contribution in [0.2, 0.25) is 5.02 Å². The molecule has 0 fully saturated rings. The molecular formula is C12H16ClFO2. The normalized spacial score (nSPS) is 13.9. The summed E-state index contributed by atoms with van der Waals surface area (Å²) in [6.45, 7) is 3.50. The van der Waals surface area contributed by atoms with Gasteiger partial charge in [-0.25, -0.2) is 4.39 Å². The van der Waals surface area contributed by atoms with Crippen LogP contribution in [0.15, 0.2) is 18.2 Å². The summed E-state index contributed by atoms with van der Waals surface area (Å²) in [5.41, 5.74) is -0.320. The number of hydrogen-bond donors (Lipinski definition) is 1. The fourth-order valence-corrected chi connectivity index (χ4v) is 1.49. The molecule has 1 atom stereocenters. The highest BCUT2D eigenvalue weighted by Crippen LogP contribution is 2.23. The fraction of sp³-hybridized carbons (Fsp3) is 0.500. The van der Waals surface area contributed by atoms with Crippen molar-refractivity contribution in [1.82, 2.24) is 0 Å². The summed E-state index contributed by atoms with van der Waals surface area (Å²) in [4.78, 5) is 0. The molecule has 0 aliphatic carbocycles. The van der Waals surface area contributed by atoms with Gasteiger partial charge in [0.25, 0.3) is 0 Å². The second-order valence-corrected chi connectivity index (χ2v) is 4.65. The lowest BCUT2D eigenvalue weighted by Crippen LogP contribution is -2.39. The highest BCUT2D eigenvalue weighted by atomic mass is 35.5. The summed E-state index contributed by atoms with van der Waals surface area (Å²) in [7, 11) is 1.51. The molecule has 0 aliphatic heterocycles.